The van der Waals surface area contributed by atoms with Gasteiger partial charge in [0.1, 0.15) is 13.2 Å². The first-order chi connectivity index (χ1) is 30.0. The van der Waals surface area contributed by atoms with Crippen LogP contribution < -0.4 is 0 Å². The quantitative estimate of drug-likeness (QED) is 0.0200. The fourth-order valence-electron chi connectivity index (χ4n) is 7.02. The van der Waals surface area contributed by atoms with Crippen molar-refractivity contribution < 1.29 is 28.6 Å². The standard InChI is InChI=1S/C55H94O6/c1-4-7-10-13-16-19-22-25-26-27-28-29-31-33-36-39-42-45-48-54(57)60-51-52(50-59-53(56)47-44-41-38-35-32-24-21-18-15-12-9-6-3)61-55(58)49-46-43-40-37-34-30-23-20-17-14-11-8-5-2/h8-9,11-12,14,17-18,20-21,23,30,34,52H,4-7,10,13,15-16,19,22,24-29,31-33,35-51H2,1-3H3/b11-8-,12-9-,17-14-,21-18-,23-20-,34-30-. The van der Waals surface area contributed by atoms with E-state index in [0.717, 1.165) is 96.3 Å². The molecule has 0 aliphatic carbocycles. The fourth-order valence-corrected chi connectivity index (χ4v) is 7.02. The molecule has 0 amide bonds. The smallest absolute Gasteiger partial charge is 0.306 e. The minimum absolute atomic E-state index is 0.0946. The van der Waals surface area contributed by atoms with Gasteiger partial charge in [-0.2, -0.15) is 0 Å². The lowest BCUT2D eigenvalue weighted by Gasteiger charge is -2.18. The highest BCUT2D eigenvalue weighted by Crippen LogP contribution is 2.16. The lowest BCUT2D eigenvalue weighted by atomic mass is 10.0. The summed E-state index contributed by atoms with van der Waals surface area (Å²) in [5.74, 6) is -0.948. The van der Waals surface area contributed by atoms with Crippen molar-refractivity contribution in [1.82, 2.24) is 0 Å². The van der Waals surface area contributed by atoms with Crippen molar-refractivity contribution in [2.75, 3.05) is 13.2 Å². The van der Waals surface area contributed by atoms with Crippen LogP contribution in [0.2, 0.25) is 0 Å². The molecule has 6 nitrogen and oxygen atoms in total. The van der Waals surface area contributed by atoms with Crippen molar-refractivity contribution in [2.24, 2.45) is 0 Å². The predicted octanol–water partition coefficient (Wildman–Crippen LogP) is 16.6. The Morgan fingerprint density at radius 1 is 0.361 bits per heavy atom. The van der Waals surface area contributed by atoms with Gasteiger partial charge in [-0.3, -0.25) is 14.4 Å². The summed E-state index contributed by atoms with van der Waals surface area (Å²) in [6, 6.07) is 0. The number of carbonyl (C=O) groups is 3. The number of unbranched alkanes of at least 4 members (excludes halogenated alkanes) is 25. The number of esters is 3. The highest BCUT2D eigenvalue weighted by molar-refractivity contribution is 5.71. The van der Waals surface area contributed by atoms with Crippen molar-refractivity contribution >= 4 is 17.9 Å². The van der Waals surface area contributed by atoms with Gasteiger partial charge in [-0.1, -0.05) is 229 Å². The minimum atomic E-state index is -0.799. The van der Waals surface area contributed by atoms with Gasteiger partial charge in [0.05, 0.1) is 0 Å². The van der Waals surface area contributed by atoms with E-state index in [-0.39, 0.29) is 37.5 Å². The van der Waals surface area contributed by atoms with E-state index in [0.29, 0.717) is 19.3 Å². The van der Waals surface area contributed by atoms with Crippen LogP contribution in [0.25, 0.3) is 0 Å². The number of hydrogen-bond acceptors (Lipinski definition) is 6. The number of allylic oxidation sites excluding steroid dienone is 12. The van der Waals surface area contributed by atoms with Crippen LogP contribution >= 0.6 is 0 Å². The molecule has 0 radical (unpaired) electrons. The van der Waals surface area contributed by atoms with Crippen LogP contribution in [-0.4, -0.2) is 37.2 Å². The van der Waals surface area contributed by atoms with Gasteiger partial charge < -0.3 is 14.2 Å². The molecule has 0 aromatic rings. The molecule has 0 spiro atoms. The Hall–Kier alpha value is -3.15. The molecule has 61 heavy (non-hydrogen) atoms. The van der Waals surface area contributed by atoms with Crippen LogP contribution in [0.5, 0.6) is 0 Å². The molecule has 0 saturated carbocycles. The van der Waals surface area contributed by atoms with E-state index in [9.17, 15) is 14.4 Å². The molecule has 6 heteroatoms. The highest BCUT2D eigenvalue weighted by Gasteiger charge is 2.19. The summed E-state index contributed by atoms with van der Waals surface area (Å²) in [6.45, 7) is 6.35. The second-order valence-electron chi connectivity index (χ2n) is 16.8. The van der Waals surface area contributed by atoms with E-state index in [1.54, 1.807) is 0 Å². The van der Waals surface area contributed by atoms with Crippen LogP contribution in [0.4, 0.5) is 0 Å². The molecular weight excluding hydrogens is 757 g/mol. The van der Waals surface area contributed by atoms with Crippen LogP contribution in [0.1, 0.15) is 239 Å². The van der Waals surface area contributed by atoms with Crippen molar-refractivity contribution in [1.29, 1.82) is 0 Å². The van der Waals surface area contributed by atoms with Crippen LogP contribution in [0.3, 0.4) is 0 Å². The van der Waals surface area contributed by atoms with Gasteiger partial charge in [-0.05, 0) is 64.2 Å². The van der Waals surface area contributed by atoms with Crippen LogP contribution in [0.15, 0.2) is 72.9 Å². The monoisotopic (exact) mass is 851 g/mol. The summed E-state index contributed by atoms with van der Waals surface area (Å²) >= 11 is 0. The normalized spacial score (nSPS) is 12.6. The molecule has 0 aliphatic rings. The van der Waals surface area contributed by atoms with E-state index in [1.807, 2.05) is 36.5 Å². The summed E-state index contributed by atoms with van der Waals surface area (Å²) < 4.78 is 16.7. The molecule has 0 fully saturated rings. The lowest BCUT2D eigenvalue weighted by Crippen LogP contribution is -2.30. The molecule has 0 N–H and O–H groups in total. The van der Waals surface area contributed by atoms with Gasteiger partial charge in [-0.15, -0.1) is 0 Å². The summed E-state index contributed by atoms with van der Waals surface area (Å²) in [6.07, 6.45) is 61.8. The van der Waals surface area contributed by atoms with Gasteiger partial charge in [-0.25, -0.2) is 0 Å². The van der Waals surface area contributed by atoms with Crippen LogP contribution in [0, 0.1) is 0 Å². The highest BCUT2D eigenvalue weighted by atomic mass is 16.6. The van der Waals surface area contributed by atoms with E-state index in [1.165, 1.54) is 96.3 Å². The van der Waals surface area contributed by atoms with Gasteiger partial charge in [0, 0.05) is 19.3 Å². The van der Waals surface area contributed by atoms with Crippen molar-refractivity contribution in [3.8, 4) is 0 Å². The second-order valence-corrected chi connectivity index (χ2v) is 16.8. The maximum Gasteiger partial charge on any atom is 0.306 e. The Labute approximate surface area is 376 Å². The number of carbonyl (C=O) groups excluding carboxylic acids is 3. The van der Waals surface area contributed by atoms with Crippen molar-refractivity contribution in [2.45, 2.75) is 245 Å². The summed E-state index contributed by atoms with van der Waals surface area (Å²) in [5, 5.41) is 0. The van der Waals surface area contributed by atoms with Gasteiger partial charge in [0.15, 0.2) is 6.10 Å². The Morgan fingerprint density at radius 2 is 0.721 bits per heavy atom. The topological polar surface area (TPSA) is 78.9 Å². The third kappa shape index (κ3) is 47.7. The van der Waals surface area contributed by atoms with Crippen molar-refractivity contribution in [3.63, 3.8) is 0 Å². The van der Waals surface area contributed by atoms with E-state index in [2.05, 4.69) is 57.2 Å². The Morgan fingerprint density at radius 3 is 1.20 bits per heavy atom. The largest absolute Gasteiger partial charge is 0.462 e. The molecule has 0 heterocycles. The summed E-state index contributed by atoms with van der Waals surface area (Å²) in [5.41, 5.74) is 0. The molecule has 0 aromatic heterocycles. The van der Waals surface area contributed by atoms with Crippen LogP contribution in [-0.2, 0) is 28.6 Å². The third-order valence-corrected chi connectivity index (χ3v) is 10.8. The first-order valence-corrected chi connectivity index (χ1v) is 25.5. The van der Waals surface area contributed by atoms with E-state index in [4.69, 9.17) is 14.2 Å². The molecule has 0 rings (SSSR count). The minimum Gasteiger partial charge on any atom is -0.462 e. The molecular formula is C55H94O6. The maximum atomic E-state index is 12.8. The van der Waals surface area contributed by atoms with E-state index >= 15 is 0 Å². The average Bonchev–Trinajstić information content (AvgIpc) is 3.26. The van der Waals surface area contributed by atoms with Gasteiger partial charge in [0.25, 0.3) is 0 Å². The number of hydrogen-bond donors (Lipinski definition) is 0. The second kappa shape index (κ2) is 49.5. The van der Waals surface area contributed by atoms with E-state index < -0.39 is 6.10 Å². The lowest BCUT2D eigenvalue weighted by molar-refractivity contribution is -0.167. The third-order valence-electron chi connectivity index (χ3n) is 10.8. The first-order valence-electron chi connectivity index (χ1n) is 25.5. The van der Waals surface area contributed by atoms with Gasteiger partial charge in [0.2, 0.25) is 0 Å². The molecule has 0 aromatic carbocycles. The molecule has 1 atom stereocenters. The number of rotatable bonds is 45. The maximum absolute atomic E-state index is 12.8. The summed E-state index contributed by atoms with van der Waals surface area (Å²) in [4.78, 5) is 37.9. The molecule has 0 saturated heterocycles. The molecule has 0 bridgehead atoms. The average molecular weight is 851 g/mol. The zero-order valence-electron chi connectivity index (χ0n) is 39.9. The Balaban J connectivity index is 4.38. The zero-order chi connectivity index (χ0) is 44.4. The first kappa shape index (κ1) is 57.9. The molecule has 350 valence electrons. The van der Waals surface area contributed by atoms with Gasteiger partial charge >= 0.3 is 17.9 Å². The molecule has 1 unspecified atom stereocenters. The SMILES string of the molecule is CC\C=C/C=C\C=C/C=C\CCCCCC(=O)OC(COC(=O)CCCCCCC/C=C\C/C=C\CC)COC(=O)CCCCCCCCCCCCCCCCCCCC. The Bertz CT molecular complexity index is 1160. The molecule has 0 aliphatic heterocycles. The zero-order valence-corrected chi connectivity index (χ0v) is 39.9. The fraction of sp³-hybridized carbons (Fsp3) is 0.727. The van der Waals surface area contributed by atoms with Crippen molar-refractivity contribution in [3.05, 3.63) is 72.9 Å². The number of ether oxygens (including phenoxy) is 3. The Kier molecular flexibility index (Phi) is 46.9. The summed E-state index contributed by atoms with van der Waals surface area (Å²) in [7, 11) is 0. The predicted molar refractivity (Wildman–Crippen MR) is 261 cm³/mol.